The van der Waals surface area contributed by atoms with E-state index in [1.54, 1.807) is 0 Å². The molecular weight excluding hydrogens is 222 g/mol. The third-order valence-corrected chi connectivity index (χ3v) is 4.61. The fraction of sp³-hybridized carbons (Fsp3) is 0.938. The van der Waals surface area contributed by atoms with Gasteiger partial charge in [-0.2, -0.15) is 0 Å². The van der Waals surface area contributed by atoms with Gasteiger partial charge in [0, 0.05) is 12.5 Å². The molecule has 1 atom stereocenters. The molecule has 0 aromatic rings. The van der Waals surface area contributed by atoms with Gasteiger partial charge in [-0.25, -0.2) is 0 Å². The van der Waals surface area contributed by atoms with Crippen LogP contribution < -0.4 is 5.32 Å². The number of unbranched alkanes of at least 4 members (excludes halogenated alkanes) is 1. The molecule has 1 unspecified atom stereocenters. The van der Waals surface area contributed by atoms with Gasteiger partial charge in [0.25, 0.3) is 0 Å². The van der Waals surface area contributed by atoms with Gasteiger partial charge in [-0.3, -0.25) is 4.79 Å². The van der Waals surface area contributed by atoms with E-state index in [-0.39, 0.29) is 11.8 Å². The minimum Gasteiger partial charge on any atom is -0.356 e. The molecular formula is C16H31NO. The Labute approximate surface area is 113 Å². The van der Waals surface area contributed by atoms with E-state index in [4.69, 9.17) is 0 Å². The molecule has 0 radical (unpaired) electrons. The molecule has 0 aliphatic heterocycles. The standard InChI is InChI=1S/C16H31NO/c1-4-6-9-14(5-2)15(18)17-13-12-16(3)10-7-8-11-16/h14H,4-13H2,1-3H3,(H,17,18). The Kier molecular flexibility index (Phi) is 6.73. The molecule has 0 bridgehead atoms. The first kappa shape index (κ1) is 15.5. The van der Waals surface area contributed by atoms with Crippen LogP contribution in [0.4, 0.5) is 0 Å². The minimum atomic E-state index is 0.237. The molecule has 1 fully saturated rings. The average Bonchev–Trinajstić information content (AvgIpc) is 2.77. The largest absolute Gasteiger partial charge is 0.356 e. The molecule has 1 N–H and O–H groups in total. The zero-order valence-electron chi connectivity index (χ0n) is 12.6. The molecule has 0 aromatic carbocycles. The number of rotatable bonds is 8. The fourth-order valence-corrected chi connectivity index (χ4v) is 3.08. The van der Waals surface area contributed by atoms with Crippen LogP contribution in [0.3, 0.4) is 0 Å². The van der Waals surface area contributed by atoms with E-state index in [1.807, 2.05) is 0 Å². The van der Waals surface area contributed by atoms with Gasteiger partial charge < -0.3 is 5.32 Å². The van der Waals surface area contributed by atoms with E-state index in [2.05, 4.69) is 26.1 Å². The molecule has 1 amide bonds. The number of carbonyl (C=O) groups is 1. The Morgan fingerprint density at radius 1 is 1.28 bits per heavy atom. The summed E-state index contributed by atoms with van der Waals surface area (Å²) in [7, 11) is 0. The van der Waals surface area contributed by atoms with Crippen molar-refractivity contribution in [1.29, 1.82) is 0 Å². The van der Waals surface area contributed by atoms with Gasteiger partial charge in [0.05, 0.1) is 0 Å². The molecule has 2 nitrogen and oxygen atoms in total. The summed E-state index contributed by atoms with van der Waals surface area (Å²) in [6, 6.07) is 0. The van der Waals surface area contributed by atoms with Crippen molar-refractivity contribution in [2.75, 3.05) is 6.54 Å². The van der Waals surface area contributed by atoms with Crippen LogP contribution in [0, 0.1) is 11.3 Å². The highest BCUT2D eigenvalue weighted by molar-refractivity contribution is 5.78. The molecule has 18 heavy (non-hydrogen) atoms. The third-order valence-electron chi connectivity index (χ3n) is 4.61. The normalized spacial score (nSPS) is 19.7. The number of hydrogen-bond acceptors (Lipinski definition) is 1. The maximum absolute atomic E-state index is 12.0. The van der Waals surface area contributed by atoms with Crippen LogP contribution in [0.15, 0.2) is 0 Å². The highest BCUT2D eigenvalue weighted by Gasteiger charge is 2.28. The summed E-state index contributed by atoms with van der Waals surface area (Å²) in [4.78, 5) is 12.0. The van der Waals surface area contributed by atoms with E-state index in [1.165, 1.54) is 38.5 Å². The van der Waals surface area contributed by atoms with E-state index in [9.17, 15) is 4.79 Å². The van der Waals surface area contributed by atoms with Crippen molar-refractivity contribution < 1.29 is 4.79 Å². The Morgan fingerprint density at radius 3 is 2.50 bits per heavy atom. The fourth-order valence-electron chi connectivity index (χ4n) is 3.08. The summed E-state index contributed by atoms with van der Waals surface area (Å²) >= 11 is 0. The number of carbonyl (C=O) groups excluding carboxylic acids is 1. The van der Waals surface area contributed by atoms with Gasteiger partial charge in [0.1, 0.15) is 0 Å². The van der Waals surface area contributed by atoms with Crippen molar-refractivity contribution in [1.82, 2.24) is 5.32 Å². The Morgan fingerprint density at radius 2 is 1.94 bits per heavy atom. The van der Waals surface area contributed by atoms with Crippen molar-refractivity contribution in [3.8, 4) is 0 Å². The first-order chi connectivity index (χ1) is 8.61. The van der Waals surface area contributed by atoms with Crippen molar-refractivity contribution in [2.45, 2.75) is 78.6 Å². The Hall–Kier alpha value is -0.530. The zero-order chi connectivity index (χ0) is 13.4. The summed E-state index contributed by atoms with van der Waals surface area (Å²) < 4.78 is 0. The summed E-state index contributed by atoms with van der Waals surface area (Å²) in [5.41, 5.74) is 0.498. The second kappa shape index (κ2) is 7.81. The summed E-state index contributed by atoms with van der Waals surface area (Å²) in [6.07, 6.45) is 11.0. The molecule has 2 heteroatoms. The third kappa shape index (κ3) is 4.99. The van der Waals surface area contributed by atoms with Crippen molar-refractivity contribution in [3.63, 3.8) is 0 Å². The number of hydrogen-bond donors (Lipinski definition) is 1. The molecule has 1 aliphatic carbocycles. The SMILES string of the molecule is CCCCC(CC)C(=O)NCCC1(C)CCCC1. The summed E-state index contributed by atoms with van der Waals surface area (Å²) in [6.45, 7) is 7.56. The van der Waals surface area contributed by atoms with Gasteiger partial charge in [0.2, 0.25) is 5.91 Å². The zero-order valence-corrected chi connectivity index (χ0v) is 12.6. The molecule has 0 spiro atoms. The topological polar surface area (TPSA) is 29.1 Å². The maximum Gasteiger partial charge on any atom is 0.223 e. The van der Waals surface area contributed by atoms with Crippen LogP contribution in [0.25, 0.3) is 0 Å². The lowest BCUT2D eigenvalue weighted by Crippen LogP contribution is -2.33. The van der Waals surface area contributed by atoms with Crippen LogP contribution in [0.5, 0.6) is 0 Å². The predicted octanol–water partition coefficient (Wildman–Crippen LogP) is 4.29. The van der Waals surface area contributed by atoms with Crippen LogP contribution >= 0.6 is 0 Å². The van der Waals surface area contributed by atoms with Crippen molar-refractivity contribution in [2.24, 2.45) is 11.3 Å². The number of amides is 1. The van der Waals surface area contributed by atoms with Gasteiger partial charge in [0.15, 0.2) is 0 Å². The van der Waals surface area contributed by atoms with Crippen LogP contribution in [-0.2, 0) is 4.79 Å². The lowest BCUT2D eigenvalue weighted by atomic mass is 9.85. The van der Waals surface area contributed by atoms with Crippen LogP contribution in [0.2, 0.25) is 0 Å². The smallest absolute Gasteiger partial charge is 0.223 e. The first-order valence-electron chi connectivity index (χ1n) is 7.89. The van der Waals surface area contributed by atoms with Crippen LogP contribution in [-0.4, -0.2) is 12.5 Å². The summed E-state index contributed by atoms with van der Waals surface area (Å²) in [5.74, 6) is 0.522. The van der Waals surface area contributed by atoms with E-state index in [0.29, 0.717) is 5.41 Å². The number of nitrogens with one attached hydrogen (secondary N) is 1. The molecule has 0 heterocycles. The first-order valence-corrected chi connectivity index (χ1v) is 7.89. The lowest BCUT2D eigenvalue weighted by Gasteiger charge is -2.24. The van der Waals surface area contributed by atoms with Crippen molar-refractivity contribution >= 4 is 5.91 Å². The molecule has 106 valence electrons. The van der Waals surface area contributed by atoms with Gasteiger partial charge in [-0.1, -0.05) is 46.5 Å². The van der Waals surface area contributed by atoms with Gasteiger partial charge in [-0.15, -0.1) is 0 Å². The second-order valence-corrected chi connectivity index (χ2v) is 6.31. The van der Waals surface area contributed by atoms with E-state index < -0.39 is 0 Å². The predicted molar refractivity (Wildman–Crippen MR) is 77.5 cm³/mol. The van der Waals surface area contributed by atoms with Crippen LogP contribution in [0.1, 0.15) is 78.6 Å². The maximum atomic E-state index is 12.0. The van der Waals surface area contributed by atoms with Gasteiger partial charge in [-0.05, 0) is 37.5 Å². The molecule has 0 saturated heterocycles. The highest BCUT2D eigenvalue weighted by Crippen LogP contribution is 2.39. The Balaban J connectivity index is 2.22. The molecule has 0 aromatic heterocycles. The monoisotopic (exact) mass is 253 g/mol. The quantitative estimate of drug-likeness (QED) is 0.687. The molecule has 1 aliphatic rings. The molecule has 1 rings (SSSR count). The van der Waals surface area contributed by atoms with Gasteiger partial charge >= 0.3 is 0 Å². The van der Waals surface area contributed by atoms with E-state index >= 15 is 0 Å². The lowest BCUT2D eigenvalue weighted by molar-refractivity contribution is -0.125. The van der Waals surface area contributed by atoms with E-state index in [0.717, 1.165) is 25.8 Å². The van der Waals surface area contributed by atoms with Crippen molar-refractivity contribution in [3.05, 3.63) is 0 Å². The second-order valence-electron chi connectivity index (χ2n) is 6.31. The Bertz CT molecular complexity index is 243. The highest BCUT2D eigenvalue weighted by atomic mass is 16.1. The molecule has 1 saturated carbocycles. The summed E-state index contributed by atoms with van der Waals surface area (Å²) in [5, 5.41) is 3.16. The average molecular weight is 253 g/mol. The minimum absolute atomic E-state index is 0.237.